The Bertz CT molecular complexity index is 609. The van der Waals surface area contributed by atoms with Gasteiger partial charge in [0.05, 0.1) is 11.7 Å². The fourth-order valence-electron chi connectivity index (χ4n) is 2.09. The van der Waals surface area contributed by atoms with E-state index in [-0.39, 0.29) is 29.3 Å². The topological polar surface area (TPSA) is 65.1 Å². The van der Waals surface area contributed by atoms with Crippen LogP contribution >= 0.6 is 0 Å². The minimum atomic E-state index is -0.598. The second-order valence-electron chi connectivity index (χ2n) is 5.03. The number of aliphatic hydroxyl groups is 1. The van der Waals surface area contributed by atoms with Crippen LogP contribution in [0.25, 0.3) is 10.9 Å². The third-order valence-corrected chi connectivity index (χ3v) is 3.67. The first kappa shape index (κ1) is 14.5. The number of rotatable bonds is 5. The van der Waals surface area contributed by atoms with E-state index in [9.17, 15) is 14.3 Å². The molecule has 2 atom stereocenters. The lowest BCUT2D eigenvalue weighted by atomic mass is 10.0. The van der Waals surface area contributed by atoms with Crippen LogP contribution in [0.15, 0.2) is 24.4 Å². The van der Waals surface area contributed by atoms with E-state index in [1.807, 2.05) is 13.8 Å². The van der Waals surface area contributed by atoms with Crippen molar-refractivity contribution in [1.29, 1.82) is 0 Å². The van der Waals surface area contributed by atoms with E-state index in [2.05, 4.69) is 10.3 Å². The van der Waals surface area contributed by atoms with E-state index in [1.165, 1.54) is 12.3 Å². The Morgan fingerprint density at radius 1 is 1.50 bits per heavy atom. The van der Waals surface area contributed by atoms with Crippen LogP contribution in [0, 0.1) is 11.7 Å². The third-order valence-electron chi connectivity index (χ3n) is 3.67. The van der Waals surface area contributed by atoms with Gasteiger partial charge >= 0.3 is 0 Å². The molecule has 0 aliphatic rings. The monoisotopic (exact) mass is 278 g/mol. The summed E-state index contributed by atoms with van der Waals surface area (Å²) in [6.07, 6.45) is 1.72. The molecule has 1 heterocycles. The number of benzene rings is 1. The highest BCUT2D eigenvalue weighted by atomic mass is 19.1. The largest absolute Gasteiger partial charge is 0.391 e. The average molecular weight is 278 g/mol. The van der Waals surface area contributed by atoms with Crippen LogP contribution in [-0.2, 0) is 0 Å². The molecule has 0 aliphatic heterocycles. The maximum Gasteiger partial charge on any atom is 0.253 e. The molecule has 0 spiro atoms. The first-order chi connectivity index (χ1) is 9.54. The van der Waals surface area contributed by atoms with Gasteiger partial charge in [0, 0.05) is 23.6 Å². The Hall–Kier alpha value is -1.88. The third kappa shape index (κ3) is 2.82. The van der Waals surface area contributed by atoms with Gasteiger partial charge in [0.2, 0.25) is 0 Å². The minimum Gasteiger partial charge on any atom is -0.391 e. The number of aromatic nitrogens is 1. The van der Waals surface area contributed by atoms with Gasteiger partial charge in [-0.25, -0.2) is 4.39 Å². The summed E-state index contributed by atoms with van der Waals surface area (Å²) in [7, 11) is 0. The van der Waals surface area contributed by atoms with Crippen LogP contribution in [0.1, 0.15) is 30.6 Å². The van der Waals surface area contributed by atoms with Gasteiger partial charge in [0.1, 0.15) is 5.82 Å². The average Bonchev–Trinajstić information content (AvgIpc) is 2.89. The van der Waals surface area contributed by atoms with Crippen molar-refractivity contribution in [2.75, 3.05) is 6.54 Å². The Labute approximate surface area is 117 Å². The molecule has 1 amide bonds. The number of hydrogen-bond acceptors (Lipinski definition) is 2. The van der Waals surface area contributed by atoms with Gasteiger partial charge in [0.15, 0.2) is 0 Å². The molecule has 2 rings (SSSR count). The zero-order valence-corrected chi connectivity index (χ0v) is 11.6. The SMILES string of the molecule is CCC(C)C(O)CNC(=O)c1c[nH]c2cccc(F)c12. The van der Waals surface area contributed by atoms with E-state index in [4.69, 9.17) is 0 Å². The molecular formula is C15H19FN2O2. The first-order valence-corrected chi connectivity index (χ1v) is 6.76. The number of carbonyl (C=O) groups is 1. The number of fused-ring (bicyclic) bond motifs is 1. The van der Waals surface area contributed by atoms with Crippen LogP contribution < -0.4 is 5.32 Å². The molecule has 0 fully saturated rings. The second kappa shape index (κ2) is 6.05. The summed E-state index contributed by atoms with van der Waals surface area (Å²) >= 11 is 0. The maximum atomic E-state index is 13.8. The highest BCUT2D eigenvalue weighted by Gasteiger charge is 2.17. The molecule has 20 heavy (non-hydrogen) atoms. The molecule has 0 saturated carbocycles. The summed E-state index contributed by atoms with van der Waals surface area (Å²) in [5, 5.41) is 12.8. The highest BCUT2D eigenvalue weighted by Crippen LogP contribution is 2.21. The highest BCUT2D eigenvalue weighted by molar-refractivity contribution is 6.06. The Kier molecular flexibility index (Phi) is 4.39. The number of halogens is 1. The number of aliphatic hydroxyl groups excluding tert-OH is 1. The van der Waals surface area contributed by atoms with Gasteiger partial charge in [-0.05, 0) is 18.1 Å². The number of amides is 1. The summed E-state index contributed by atoms with van der Waals surface area (Å²) in [6, 6.07) is 4.62. The summed E-state index contributed by atoms with van der Waals surface area (Å²) in [5.41, 5.74) is 0.840. The summed E-state index contributed by atoms with van der Waals surface area (Å²) in [5.74, 6) is -0.713. The molecule has 3 N–H and O–H groups in total. The van der Waals surface area contributed by atoms with E-state index < -0.39 is 11.9 Å². The Balaban J connectivity index is 2.12. The Morgan fingerprint density at radius 2 is 2.25 bits per heavy atom. The fraction of sp³-hybridized carbons (Fsp3) is 0.400. The second-order valence-corrected chi connectivity index (χ2v) is 5.03. The van der Waals surface area contributed by atoms with Gasteiger partial charge in [-0.2, -0.15) is 0 Å². The molecule has 0 radical (unpaired) electrons. The quantitative estimate of drug-likeness (QED) is 0.786. The number of nitrogens with one attached hydrogen (secondary N) is 2. The smallest absolute Gasteiger partial charge is 0.253 e. The summed E-state index contributed by atoms with van der Waals surface area (Å²) < 4.78 is 13.8. The van der Waals surface area contributed by atoms with Crippen LogP contribution in [-0.4, -0.2) is 28.6 Å². The molecular weight excluding hydrogens is 259 g/mol. The number of hydrogen-bond donors (Lipinski definition) is 3. The normalized spacial score (nSPS) is 14.2. The van der Waals surface area contributed by atoms with Crippen LogP contribution in [0.3, 0.4) is 0 Å². The lowest BCUT2D eigenvalue weighted by molar-refractivity contribution is 0.0851. The fourth-order valence-corrected chi connectivity index (χ4v) is 2.09. The molecule has 2 unspecified atom stereocenters. The maximum absolute atomic E-state index is 13.8. The summed E-state index contributed by atoms with van der Waals surface area (Å²) in [4.78, 5) is 14.9. The van der Waals surface area contributed by atoms with Crippen LogP contribution in [0.4, 0.5) is 4.39 Å². The van der Waals surface area contributed by atoms with Crippen molar-refractivity contribution in [3.8, 4) is 0 Å². The van der Waals surface area contributed by atoms with E-state index in [0.29, 0.717) is 5.52 Å². The molecule has 1 aromatic carbocycles. The number of carbonyl (C=O) groups excluding carboxylic acids is 1. The van der Waals surface area contributed by atoms with Crippen LogP contribution in [0.5, 0.6) is 0 Å². The van der Waals surface area contributed by atoms with Crippen molar-refractivity contribution < 1.29 is 14.3 Å². The molecule has 0 aliphatic carbocycles. The lowest BCUT2D eigenvalue weighted by Crippen LogP contribution is -2.35. The van der Waals surface area contributed by atoms with Crippen molar-refractivity contribution in [2.45, 2.75) is 26.4 Å². The zero-order chi connectivity index (χ0) is 14.7. The van der Waals surface area contributed by atoms with Crippen molar-refractivity contribution in [3.63, 3.8) is 0 Å². The van der Waals surface area contributed by atoms with E-state index in [1.54, 1.807) is 12.1 Å². The predicted molar refractivity (Wildman–Crippen MR) is 76.1 cm³/mol. The van der Waals surface area contributed by atoms with E-state index >= 15 is 0 Å². The van der Waals surface area contributed by atoms with Crippen molar-refractivity contribution in [1.82, 2.24) is 10.3 Å². The number of aromatic amines is 1. The molecule has 0 saturated heterocycles. The van der Waals surface area contributed by atoms with Gasteiger partial charge in [-0.15, -0.1) is 0 Å². The van der Waals surface area contributed by atoms with Gasteiger partial charge < -0.3 is 15.4 Å². The molecule has 0 bridgehead atoms. The van der Waals surface area contributed by atoms with Crippen molar-refractivity contribution >= 4 is 16.8 Å². The first-order valence-electron chi connectivity index (χ1n) is 6.76. The predicted octanol–water partition coefficient (Wildman–Crippen LogP) is 2.44. The molecule has 4 nitrogen and oxygen atoms in total. The van der Waals surface area contributed by atoms with Gasteiger partial charge in [-0.3, -0.25) is 4.79 Å². The number of H-pyrrole nitrogens is 1. The van der Waals surface area contributed by atoms with Gasteiger partial charge in [-0.1, -0.05) is 26.3 Å². The van der Waals surface area contributed by atoms with Crippen LogP contribution in [0.2, 0.25) is 0 Å². The summed E-state index contributed by atoms with van der Waals surface area (Å²) in [6.45, 7) is 4.06. The minimum absolute atomic E-state index is 0.106. The zero-order valence-electron chi connectivity index (χ0n) is 11.6. The van der Waals surface area contributed by atoms with Crippen molar-refractivity contribution in [2.24, 2.45) is 5.92 Å². The Morgan fingerprint density at radius 3 is 2.95 bits per heavy atom. The molecule has 108 valence electrons. The van der Waals surface area contributed by atoms with E-state index in [0.717, 1.165) is 6.42 Å². The molecule has 5 heteroatoms. The standard InChI is InChI=1S/C15H19FN2O2/c1-3-9(2)13(19)8-18-15(20)10-7-17-12-6-4-5-11(16)14(10)12/h4-7,9,13,17,19H,3,8H2,1-2H3,(H,18,20). The van der Waals surface area contributed by atoms with Crippen molar-refractivity contribution in [3.05, 3.63) is 35.8 Å². The lowest BCUT2D eigenvalue weighted by Gasteiger charge is -2.17. The molecule has 2 aromatic rings. The molecule has 1 aromatic heterocycles. The van der Waals surface area contributed by atoms with Gasteiger partial charge in [0.25, 0.3) is 5.91 Å².